The van der Waals surface area contributed by atoms with Gasteiger partial charge in [-0.2, -0.15) is 0 Å². The Bertz CT molecular complexity index is 481. The lowest BCUT2D eigenvalue weighted by Gasteiger charge is -2.05. The number of ether oxygens (including phenoxy) is 2. The van der Waals surface area contributed by atoms with Gasteiger partial charge in [-0.3, -0.25) is 0 Å². The van der Waals surface area contributed by atoms with Gasteiger partial charge in [-0.15, -0.1) is 11.8 Å². The van der Waals surface area contributed by atoms with E-state index in [2.05, 4.69) is 30.9 Å². The molecule has 0 saturated heterocycles. The van der Waals surface area contributed by atoms with Gasteiger partial charge in [-0.1, -0.05) is 31.9 Å². The predicted molar refractivity (Wildman–Crippen MR) is 90.8 cm³/mol. The molecule has 1 fully saturated rings. The molecule has 2 rings (SSSR count). The molecule has 0 aromatic heterocycles. The first-order chi connectivity index (χ1) is 10.8. The molecule has 2 nitrogen and oxygen atoms in total. The van der Waals surface area contributed by atoms with Crippen molar-refractivity contribution in [2.75, 3.05) is 13.7 Å². The Balaban J connectivity index is 1.53. The highest BCUT2D eigenvalue weighted by Crippen LogP contribution is 2.41. The molecule has 1 aliphatic carbocycles. The molecule has 2 atom stereocenters. The zero-order valence-electron chi connectivity index (χ0n) is 13.9. The Hall–Kier alpha value is -1.46. The van der Waals surface area contributed by atoms with Crippen LogP contribution >= 0.6 is 0 Å². The molecule has 2 heteroatoms. The van der Waals surface area contributed by atoms with Gasteiger partial charge < -0.3 is 9.47 Å². The number of methoxy groups -OCH3 is 1. The Labute approximate surface area is 135 Å². The van der Waals surface area contributed by atoms with E-state index < -0.39 is 0 Å². The van der Waals surface area contributed by atoms with Gasteiger partial charge in [0, 0.05) is 12.8 Å². The lowest BCUT2D eigenvalue weighted by molar-refractivity contribution is 0.108. The highest BCUT2D eigenvalue weighted by molar-refractivity contribution is 5.26. The third-order valence-electron chi connectivity index (χ3n) is 4.22. The van der Waals surface area contributed by atoms with Gasteiger partial charge in [0.1, 0.15) is 5.75 Å². The molecule has 0 amide bonds. The molecule has 1 aliphatic rings. The van der Waals surface area contributed by atoms with Gasteiger partial charge in [-0.25, -0.2) is 0 Å². The van der Waals surface area contributed by atoms with Crippen molar-refractivity contribution >= 4 is 0 Å². The van der Waals surface area contributed by atoms with Crippen LogP contribution in [-0.2, 0) is 11.3 Å². The summed E-state index contributed by atoms with van der Waals surface area (Å²) in [7, 11) is 1.69. The third kappa shape index (κ3) is 6.12. The van der Waals surface area contributed by atoms with Crippen molar-refractivity contribution in [1.82, 2.24) is 0 Å². The molecule has 0 unspecified atom stereocenters. The van der Waals surface area contributed by atoms with Gasteiger partial charge in [-0.05, 0) is 42.4 Å². The third-order valence-corrected chi connectivity index (χ3v) is 4.22. The standard InChI is InChI=1S/C20H28O2/c1-3-4-5-6-7-8-9-18-14-19(18)16-22-15-17-10-12-20(21-2)13-11-17/h10-13,18-19H,3-6,9,14-16H2,1-2H3/t18-,19+/m1/s1. The minimum absolute atomic E-state index is 0.690. The SMILES string of the molecule is CCCCCC#CC[C@@H]1C[C@H]1COCc1ccc(OC)cc1. The molecule has 0 heterocycles. The highest BCUT2D eigenvalue weighted by Gasteiger charge is 2.36. The van der Waals surface area contributed by atoms with Crippen LogP contribution in [0.5, 0.6) is 5.75 Å². The van der Waals surface area contributed by atoms with Crippen molar-refractivity contribution in [2.24, 2.45) is 11.8 Å². The first-order valence-corrected chi connectivity index (χ1v) is 8.50. The highest BCUT2D eigenvalue weighted by atomic mass is 16.5. The van der Waals surface area contributed by atoms with E-state index >= 15 is 0 Å². The zero-order chi connectivity index (χ0) is 15.6. The van der Waals surface area contributed by atoms with E-state index in [0.29, 0.717) is 6.61 Å². The summed E-state index contributed by atoms with van der Waals surface area (Å²) in [6, 6.07) is 8.08. The Morgan fingerprint density at radius 3 is 2.64 bits per heavy atom. The van der Waals surface area contributed by atoms with E-state index in [4.69, 9.17) is 9.47 Å². The minimum Gasteiger partial charge on any atom is -0.497 e. The smallest absolute Gasteiger partial charge is 0.118 e. The fourth-order valence-electron chi connectivity index (χ4n) is 2.57. The van der Waals surface area contributed by atoms with Crippen LogP contribution < -0.4 is 4.74 Å². The first-order valence-electron chi connectivity index (χ1n) is 8.50. The largest absolute Gasteiger partial charge is 0.497 e. The molecule has 0 radical (unpaired) electrons. The van der Waals surface area contributed by atoms with Crippen LogP contribution in [0, 0.1) is 23.7 Å². The van der Waals surface area contributed by atoms with E-state index in [1.165, 1.54) is 31.2 Å². The van der Waals surface area contributed by atoms with Crippen molar-refractivity contribution in [3.63, 3.8) is 0 Å². The van der Waals surface area contributed by atoms with E-state index in [-0.39, 0.29) is 0 Å². The maximum absolute atomic E-state index is 5.82. The molecule has 120 valence electrons. The predicted octanol–water partition coefficient (Wildman–Crippen LogP) is 4.82. The van der Waals surface area contributed by atoms with Gasteiger partial charge >= 0.3 is 0 Å². The van der Waals surface area contributed by atoms with Crippen molar-refractivity contribution < 1.29 is 9.47 Å². The molecule has 1 aromatic rings. The summed E-state index contributed by atoms with van der Waals surface area (Å²) in [5, 5.41) is 0. The van der Waals surface area contributed by atoms with E-state index in [1.54, 1.807) is 7.11 Å². The monoisotopic (exact) mass is 300 g/mol. The minimum atomic E-state index is 0.690. The van der Waals surface area contributed by atoms with E-state index in [0.717, 1.165) is 37.0 Å². The van der Waals surface area contributed by atoms with Gasteiger partial charge in [0.15, 0.2) is 0 Å². The molecular formula is C20H28O2. The summed E-state index contributed by atoms with van der Waals surface area (Å²) in [5.41, 5.74) is 1.20. The number of benzene rings is 1. The second kappa shape index (κ2) is 9.54. The van der Waals surface area contributed by atoms with Crippen LogP contribution in [0.3, 0.4) is 0 Å². The molecule has 1 saturated carbocycles. The van der Waals surface area contributed by atoms with Crippen molar-refractivity contribution in [1.29, 1.82) is 0 Å². The number of hydrogen-bond donors (Lipinski definition) is 0. The Kier molecular flexibility index (Phi) is 7.33. The second-order valence-electron chi connectivity index (χ2n) is 6.13. The van der Waals surface area contributed by atoms with E-state index in [1.807, 2.05) is 12.1 Å². The molecule has 0 bridgehead atoms. The van der Waals surface area contributed by atoms with Crippen LogP contribution in [0.25, 0.3) is 0 Å². The summed E-state index contributed by atoms with van der Waals surface area (Å²) in [6.45, 7) is 3.79. The topological polar surface area (TPSA) is 18.5 Å². The average Bonchev–Trinajstić information content (AvgIpc) is 3.30. The summed E-state index contributed by atoms with van der Waals surface area (Å²) < 4.78 is 11.0. The molecule has 22 heavy (non-hydrogen) atoms. The van der Waals surface area contributed by atoms with Crippen molar-refractivity contribution in [2.45, 2.75) is 52.1 Å². The summed E-state index contributed by atoms with van der Waals surface area (Å²) in [6.07, 6.45) is 7.24. The van der Waals surface area contributed by atoms with Crippen LogP contribution in [0.4, 0.5) is 0 Å². The zero-order valence-corrected chi connectivity index (χ0v) is 13.9. The fraction of sp³-hybridized carbons (Fsp3) is 0.600. The van der Waals surface area contributed by atoms with Crippen LogP contribution in [0.2, 0.25) is 0 Å². The number of hydrogen-bond acceptors (Lipinski definition) is 2. The van der Waals surface area contributed by atoms with Crippen molar-refractivity contribution in [3.8, 4) is 17.6 Å². The van der Waals surface area contributed by atoms with Crippen LogP contribution in [-0.4, -0.2) is 13.7 Å². The van der Waals surface area contributed by atoms with E-state index in [9.17, 15) is 0 Å². The number of rotatable bonds is 9. The average molecular weight is 300 g/mol. The maximum Gasteiger partial charge on any atom is 0.118 e. The van der Waals surface area contributed by atoms with Gasteiger partial charge in [0.25, 0.3) is 0 Å². The summed E-state index contributed by atoms with van der Waals surface area (Å²) in [5.74, 6) is 9.03. The molecule has 0 aliphatic heterocycles. The lowest BCUT2D eigenvalue weighted by Crippen LogP contribution is -1.98. The quantitative estimate of drug-likeness (QED) is 0.481. The van der Waals surface area contributed by atoms with Gasteiger partial charge in [0.2, 0.25) is 0 Å². The normalized spacial score (nSPS) is 19.4. The molecule has 0 N–H and O–H groups in total. The molecule has 0 spiro atoms. The Morgan fingerprint density at radius 1 is 1.09 bits per heavy atom. The first kappa shape index (κ1) is 16.9. The molecule has 1 aromatic carbocycles. The maximum atomic E-state index is 5.82. The fourth-order valence-corrected chi connectivity index (χ4v) is 2.57. The Morgan fingerprint density at radius 2 is 1.91 bits per heavy atom. The van der Waals surface area contributed by atoms with Crippen LogP contribution in [0.1, 0.15) is 51.0 Å². The summed E-state index contributed by atoms with van der Waals surface area (Å²) >= 11 is 0. The molecular weight excluding hydrogens is 272 g/mol. The lowest BCUT2D eigenvalue weighted by atomic mass is 10.2. The van der Waals surface area contributed by atoms with Crippen LogP contribution in [0.15, 0.2) is 24.3 Å². The number of unbranched alkanes of at least 4 members (excludes halogenated alkanes) is 3. The summed E-state index contributed by atoms with van der Waals surface area (Å²) in [4.78, 5) is 0. The van der Waals surface area contributed by atoms with Crippen molar-refractivity contribution in [3.05, 3.63) is 29.8 Å². The van der Waals surface area contributed by atoms with Gasteiger partial charge in [0.05, 0.1) is 20.3 Å². The second-order valence-corrected chi connectivity index (χ2v) is 6.13.